The number of aryl methyl sites for hydroxylation is 2. The van der Waals surface area contributed by atoms with Crippen LogP contribution >= 0.6 is 11.9 Å². The van der Waals surface area contributed by atoms with Gasteiger partial charge in [0.2, 0.25) is 0 Å². The molecule has 0 unspecified atom stereocenters. The lowest BCUT2D eigenvalue weighted by molar-refractivity contribution is -0.138. The van der Waals surface area contributed by atoms with Gasteiger partial charge in [-0.05, 0) is 76.9 Å². The lowest BCUT2D eigenvalue weighted by atomic mass is 10.1. The second kappa shape index (κ2) is 9.85. The Kier molecular flexibility index (Phi) is 8.43. The van der Waals surface area contributed by atoms with Crippen LogP contribution in [0.1, 0.15) is 31.9 Å². The first kappa shape index (κ1) is 23.1. The summed E-state index contributed by atoms with van der Waals surface area (Å²) in [5.41, 5.74) is 1.52. The van der Waals surface area contributed by atoms with Crippen LogP contribution in [-0.4, -0.2) is 65.8 Å². The summed E-state index contributed by atoms with van der Waals surface area (Å²) in [5.74, 6) is -0.257. The molecule has 0 saturated heterocycles. The van der Waals surface area contributed by atoms with Crippen molar-refractivity contribution in [2.45, 2.75) is 45.1 Å². The highest BCUT2D eigenvalue weighted by molar-refractivity contribution is 7.97. The van der Waals surface area contributed by atoms with Gasteiger partial charge < -0.3 is 14.6 Å². The number of methoxy groups -OCH3 is 1. The SMILES string of the molecule is COc1cc(C)c(SN(C)CCN(CC(=O)O)C(=O)OC(C)(C)C)c(C)c1. The molecule has 1 aromatic rings. The highest BCUT2D eigenvalue weighted by Crippen LogP contribution is 2.31. The molecule has 0 bridgehead atoms. The smallest absolute Gasteiger partial charge is 0.410 e. The molecular formula is C19H30N2O5S. The third-order valence-electron chi connectivity index (χ3n) is 3.58. The molecule has 1 amide bonds. The molecule has 0 aliphatic rings. The van der Waals surface area contributed by atoms with Crippen molar-refractivity contribution >= 4 is 24.0 Å². The molecule has 0 atom stereocenters. The van der Waals surface area contributed by atoms with Gasteiger partial charge in [-0.2, -0.15) is 0 Å². The summed E-state index contributed by atoms with van der Waals surface area (Å²) < 4.78 is 12.6. The van der Waals surface area contributed by atoms with E-state index in [9.17, 15) is 9.59 Å². The quantitative estimate of drug-likeness (QED) is 0.671. The van der Waals surface area contributed by atoms with Gasteiger partial charge in [0.1, 0.15) is 17.9 Å². The number of ether oxygens (including phenoxy) is 2. The fourth-order valence-corrected chi connectivity index (χ4v) is 3.25. The molecule has 0 aromatic heterocycles. The van der Waals surface area contributed by atoms with Crippen molar-refractivity contribution in [3.63, 3.8) is 0 Å². The summed E-state index contributed by atoms with van der Waals surface area (Å²) in [6, 6.07) is 3.95. The van der Waals surface area contributed by atoms with Crippen molar-refractivity contribution in [2.24, 2.45) is 0 Å². The maximum Gasteiger partial charge on any atom is 0.410 e. The number of rotatable bonds is 8. The number of carbonyl (C=O) groups excluding carboxylic acids is 1. The summed E-state index contributed by atoms with van der Waals surface area (Å²) in [7, 11) is 3.54. The number of aliphatic carboxylic acids is 1. The van der Waals surface area contributed by atoms with Gasteiger partial charge in [0, 0.05) is 18.0 Å². The molecule has 152 valence electrons. The molecule has 0 aliphatic carbocycles. The Hall–Kier alpha value is -1.93. The highest BCUT2D eigenvalue weighted by Gasteiger charge is 2.24. The molecule has 1 aromatic carbocycles. The second-order valence-electron chi connectivity index (χ2n) is 7.33. The van der Waals surface area contributed by atoms with Crippen LogP contribution < -0.4 is 4.74 Å². The van der Waals surface area contributed by atoms with Crippen LogP contribution in [0.3, 0.4) is 0 Å². The van der Waals surface area contributed by atoms with E-state index in [1.807, 2.05) is 37.3 Å². The highest BCUT2D eigenvalue weighted by atomic mass is 32.2. The average molecular weight is 399 g/mol. The molecule has 8 heteroatoms. The molecule has 0 aliphatic heterocycles. The Balaban J connectivity index is 2.75. The van der Waals surface area contributed by atoms with E-state index in [0.717, 1.165) is 21.8 Å². The van der Waals surface area contributed by atoms with Gasteiger partial charge in [-0.3, -0.25) is 9.69 Å². The minimum Gasteiger partial charge on any atom is -0.497 e. The summed E-state index contributed by atoms with van der Waals surface area (Å²) in [5, 5.41) is 9.07. The van der Waals surface area contributed by atoms with E-state index in [-0.39, 0.29) is 6.54 Å². The van der Waals surface area contributed by atoms with Crippen LogP contribution in [0.5, 0.6) is 5.75 Å². The number of hydrogen-bond acceptors (Lipinski definition) is 6. The monoisotopic (exact) mass is 398 g/mol. The molecule has 0 heterocycles. The van der Waals surface area contributed by atoms with Crippen LogP contribution in [-0.2, 0) is 9.53 Å². The number of carbonyl (C=O) groups is 2. The second-order valence-corrected chi connectivity index (χ2v) is 8.54. The summed E-state index contributed by atoms with van der Waals surface area (Å²) in [6.45, 7) is 9.63. The van der Waals surface area contributed by atoms with Gasteiger partial charge in [-0.25, -0.2) is 9.10 Å². The van der Waals surface area contributed by atoms with Crippen molar-refractivity contribution in [1.29, 1.82) is 0 Å². The molecule has 7 nitrogen and oxygen atoms in total. The first-order valence-corrected chi connectivity index (χ1v) is 9.44. The van der Waals surface area contributed by atoms with Gasteiger partial charge in [0.15, 0.2) is 0 Å². The van der Waals surface area contributed by atoms with E-state index < -0.39 is 24.2 Å². The molecule has 1 rings (SSSR count). The van der Waals surface area contributed by atoms with Crippen molar-refractivity contribution in [2.75, 3.05) is 33.8 Å². The van der Waals surface area contributed by atoms with Gasteiger partial charge in [-0.15, -0.1) is 0 Å². The van der Waals surface area contributed by atoms with Gasteiger partial charge in [0.25, 0.3) is 0 Å². The zero-order chi connectivity index (χ0) is 20.8. The maximum atomic E-state index is 12.2. The number of nitrogens with zero attached hydrogens (tertiary/aromatic N) is 2. The molecule has 0 radical (unpaired) electrons. The maximum absolute atomic E-state index is 12.2. The van der Waals surface area contributed by atoms with Crippen LogP contribution in [0.15, 0.2) is 17.0 Å². The molecule has 0 fully saturated rings. The van der Waals surface area contributed by atoms with Crippen LogP contribution in [0.4, 0.5) is 4.79 Å². The summed E-state index contributed by atoms with van der Waals surface area (Å²) in [6.07, 6.45) is -0.625. The zero-order valence-electron chi connectivity index (χ0n) is 17.2. The Morgan fingerprint density at radius 2 is 1.70 bits per heavy atom. The Labute approximate surface area is 165 Å². The topological polar surface area (TPSA) is 79.3 Å². The standard InChI is InChI=1S/C19H30N2O5S/c1-13-10-15(25-7)11-14(2)17(13)27-20(6)8-9-21(12-16(22)23)18(24)26-19(3,4)5/h10-11H,8-9,12H2,1-7H3,(H,22,23). The average Bonchev–Trinajstić information content (AvgIpc) is 2.52. The lowest BCUT2D eigenvalue weighted by Gasteiger charge is -2.28. The van der Waals surface area contributed by atoms with Crippen molar-refractivity contribution in [3.05, 3.63) is 23.3 Å². The first-order valence-electron chi connectivity index (χ1n) is 8.67. The third kappa shape index (κ3) is 8.09. The summed E-state index contributed by atoms with van der Waals surface area (Å²) >= 11 is 1.55. The number of likely N-dealkylation sites (N-methyl/N-ethyl adjacent to an activating group) is 1. The number of carboxylic acids is 1. The van der Waals surface area contributed by atoms with Gasteiger partial charge >= 0.3 is 12.1 Å². The van der Waals surface area contributed by atoms with Gasteiger partial charge in [0.05, 0.1) is 7.11 Å². The zero-order valence-corrected chi connectivity index (χ0v) is 18.0. The summed E-state index contributed by atoms with van der Waals surface area (Å²) in [4.78, 5) is 25.6. The van der Waals surface area contributed by atoms with E-state index in [1.54, 1.807) is 39.8 Å². The number of benzene rings is 1. The molecule has 27 heavy (non-hydrogen) atoms. The number of carboxylic acid groups (broad SMARTS) is 1. The van der Waals surface area contributed by atoms with E-state index in [1.165, 1.54) is 4.90 Å². The minimum atomic E-state index is -1.07. The fraction of sp³-hybridized carbons (Fsp3) is 0.579. The lowest BCUT2D eigenvalue weighted by Crippen LogP contribution is -2.42. The largest absolute Gasteiger partial charge is 0.497 e. The molecular weight excluding hydrogens is 368 g/mol. The predicted octanol–water partition coefficient (Wildman–Crippen LogP) is 3.57. The normalized spacial score (nSPS) is 11.4. The van der Waals surface area contributed by atoms with Crippen molar-refractivity contribution in [3.8, 4) is 5.75 Å². The molecule has 0 saturated carbocycles. The molecule has 0 spiro atoms. The van der Waals surface area contributed by atoms with E-state index in [4.69, 9.17) is 14.6 Å². The van der Waals surface area contributed by atoms with E-state index in [0.29, 0.717) is 6.54 Å². The minimum absolute atomic E-state index is 0.249. The van der Waals surface area contributed by atoms with Crippen molar-refractivity contribution in [1.82, 2.24) is 9.21 Å². The molecule has 1 N–H and O–H groups in total. The third-order valence-corrected chi connectivity index (χ3v) is 4.90. The predicted molar refractivity (Wildman–Crippen MR) is 106 cm³/mol. The van der Waals surface area contributed by atoms with E-state index >= 15 is 0 Å². The van der Waals surface area contributed by atoms with E-state index in [2.05, 4.69) is 0 Å². The van der Waals surface area contributed by atoms with Crippen LogP contribution in [0, 0.1) is 13.8 Å². The Bertz CT molecular complexity index is 650. The Morgan fingerprint density at radius 1 is 1.15 bits per heavy atom. The van der Waals surface area contributed by atoms with Crippen molar-refractivity contribution < 1.29 is 24.2 Å². The fourth-order valence-electron chi connectivity index (χ4n) is 2.36. The number of amides is 1. The van der Waals surface area contributed by atoms with Crippen LogP contribution in [0.2, 0.25) is 0 Å². The Morgan fingerprint density at radius 3 is 2.15 bits per heavy atom. The first-order chi connectivity index (χ1) is 12.4. The van der Waals surface area contributed by atoms with Crippen LogP contribution in [0.25, 0.3) is 0 Å². The number of hydrogen-bond donors (Lipinski definition) is 1. The van der Waals surface area contributed by atoms with Gasteiger partial charge in [-0.1, -0.05) is 0 Å².